The van der Waals surface area contributed by atoms with Crippen molar-refractivity contribution >= 4 is 29.4 Å². The Kier molecular flexibility index (Phi) is 9.73. The van der Waals surface area contributed by atoms with Crippen LogP contribution in [-0.4, -0.2) is 26.0 Å². The van der Waals surface area contributed by atoms with Crippen LogP contribution in [0.25, 0.3) is 0 Å². The van der Waals surface area contributed by atoms with E-state index >= 15 is 0 Å². The number of benzene rings is 2. The molecule has 150 valence electrons. The average Bonchev–Trinajstić information content (AvgIpc) is 2.68. The van der Waals surface area contributed by atoms with Crippen LogP contribution in [0.2, 0.25) is 0 Å². The summed E-state index contributed by atoms with van der Waals surface area (Å²) in [6.45, 7) is 5.47. The maximum absolute atomic E-state index is 5.98. The maximum atomic E-state index is 5.98. The van der Waals surface area contributed by atoms with E-state index in [0.717, 1.165) is 41.0 Å². The lowest BCUT2D eigenvalue weighted by atomic mass is 10.1. The van der Waals surface area contributed by atoms with Crippen molar-refractivity contribution in [2.45, 2.75) is 26.7 Å². The molecule has 4 nitrogen and oxygen atoms in total. The first-order valence-corrected chi connectivity index (χ1v) is 9.96. The molecule has 0 saturated heterocycles. The van der Waals surface area contributed by atoms with Gasteiger partial charge in [0.2, 0.25) is 0 Å². The van der Waals surface area contributed by atoms with Crippen molar-refractivity contribution in [1.82, 2.24) is 0 Å². The molecule has 0 spiro atoms. The second kappa shape index (κ2) is 12.3. The van der Waals surface area contributed by atoms with Crippen LogP contribution in [0.5, 0.6) is 11.5 Å². The summed E-state index contributed by atoms with van der Waals surface area (Å²) in [5, 5.41) is 3.97. The SMILES string of the molecule is CCc1cc(OCC=C(Cl)Cl)cc(C)c1OCCCON=Cc1ccccc1. The molecule has 2 rings (SSSR count). The van der Waals surface area contributed by atoms with Crippen molar-refractivity contribution in [2.75, 3.05) is 19.8 Å². The quantitative estimate of drug-likeness (QED) is 0.251. The molecule has 0 bridgehead atoms. The van der Waals surface area contributed by atoms with Crippen LogP contribution < -0.4 is 9.47 Å². The van der Waals surface area contributed by atoms with E-state index in [2.05, 4.69) is 12.1 Å². The van der Waals surface area contributed by atoms with Gasteiger partial charge in [-0.3, -0.25) is 0 Å². The van der Waals surface area contributed by atoms with Gasteiger partial charge in [0.25, 0.3) is 0 Å². The highest BCUT2D eigenvalue weighted by Gasteiger charge is 2.09. The molecule has 0 aliphatic heterocycles. The molecule has 0 aromatic heterocycles. The number of oxime groups is 1. The molecule has 0 atom stereocenters. The monoisotopic (exact) mass is 421 g/mol. The van der Waals surface area contributed by atoms with Crippen LogP contribution in [0, 0.1) is 6.92 Å². The second-order valence-corrected chi connectivity index (χ2v) is 7.08. The number of aryl methyl sites for hydroxylation is 2. The van der Waals surface area contributed by atoms with E-state index in [9.17, 15) is 0 Å². The molecular formula is C22H25Cl2NO3. The van der Waals surface area contributed by atoms with E-state index in [1.54, 1.807) is 12.3 Å². The molecular weight excluding hydrogens is 397 g/mol. The predicted molar refractivity (Wildman–Crippen MR) is 116 cm³/mol. The van der Waals surface area contributed by atoms with Crippen molar-refractivity contribution in [3.63, 3.8) is 0 Å². The van der Waals surface area contributed by atoms with E-state index in [1.807, 2.05) is 49.4 Å². The normalized spacial score (nSPS) is 10.7. The molecule has 0 fully saturated rings. The molecule has 0 saturated carbocycles. The third-order valence-corrected chi connectivity index (χ3v) is 4.20. The van der Waals surface area contributed by atoms with Gasteiger partial charge in [-0.2, -0.15) is 0 Å². The molecule has 2 aromatic carbocycles. The lowest BCUT2D eigenvalue weighted by Crippen LogP contribution is -2.05. The van der Waals surface area contributed by atoms with E-state index in [-0.39, 0.29) is 4.49 Å². The molecule has 0 aliphatic rings. The summed E-state index contributed by atoms with van der Waals surface area (Å²) >= 11 is 11.2. The van der Waals surface area contributed by atoms with Crippen LogP contribution >= 0.6 is 23.2 Å². The van der Waals surface area contributed by atoms with E-state index in [1.165, 1.54) is 0 Å². The summed E-state index contributed by atoms with van der Waals surface area (Å²) in [6, 6.07) is 13.8. The number of nitrogens with zero attached hydrogens (tertiary/aromatic N) is 1. The Morgan fingerprint density at radius 3 is 2.57 bits per heavy atom. The number of hydrogen-bond acceptors (Lipinski definition) is 4. The van der Waals surface area contributed by atoms with Crippen LogP contribution in [0.15, 0.2) is 58.2 Å². The number of halogens is 2. The predicted octanol–water partition coefficient (Wildman–Crippen LogP) is 6.07. The summed E-state index contributed by atoms with van der Waals surface area (Å²) < 4.78 is 11.8. The van der Waals surface area contributed by atoms with Crippen LogP contribution in [0.4, 0.5) is 0 Å². The lowest BCUT2D eigenvalue weighted by molar-refractivity contribution is 0.128. The maximum Gasteiger partial charge on any atom is 0.125 e. The van der Waals surface area contributed by atoms with E-state index in [4.69, 9.17) is 37.5 Å². The highest BCUT2D eigenvalue weighted by Crippen LogP contribution is 2.30. The van der Waals surface area contributed by atoms with Gasteiger partial charge in [0, 0.05) is 6.42 Å². The zero-order valence-corrected chi connectivity index (χ0v) is 17.7. The first-order chi connectivity index (χ1) is 13.6. The van der Waals surface area contributed by atoms with Crippen LogP contribution in [0.3, 0.4) is 0 Å². The topological polar surface area (TPSA) is 40.0 Å². The lowest BCUT2D eigenvalue weighted by Gasteiger charge is -2.15. The Morgan fingerprint density at radius 1 is 1.07 bits per heavy atom. The van der Waals surface area contributed by atoms with Crippen molar-refractivity contribution < 1.29 is 14.3 Å². The summed E-state index contributed by atoms with van der Waals surface area (Å²) in [5.41, 5.74) is 3.13. The molecule has 0 aliphatic carbocycles. The minimum Gasteiger partial charge on any atom is -0.493 e. The van der Waals surface area contributed by atoms with Crippen LogP contribution in [-0.2, 0) is 11.3 Å². The van der Waals surface area contributed by atoms with Gasteiger partial charge in [-0.1, -0.05) is 65.6 Å². The fraction of sp³-hybridized carbons (Fsp3) is 0.318. The van der Waals surface area contributed by atoms with Crippen molar-refractivity contribution in [3.8, 4) is 11.5 Å². The second-order valence-electron chi connectivity index (χ2n) is 6.07. The van der Waals surface area contributed by atoms with Crippen LogP contribution in [0.1, 0.15) is 30.0 Å². The fourth-order valence-corrected chi connectivity index (χ4v) is 2.68. The minimum absolute atomic E-state index is 0.197. The van der Waals surface area contributed by atoms with Gasteiger partial charge in [0.1, 0.15) is 29.2 Å². The van der Waals surface area contributed by atoms with Crippen molar-refractivity contribution in [3.05, 3.63) is 69.7 Å². The standard InChI is InChI=1S/C22H25Cl2NO3/c1-3-19-15-20(26-13-10-21(23)24)14-17(2)22(19)27-11-7-12-28-25-16-18-8-5-4-6-9-18/h4-6,8-10,14-16H,3,7,11-13H2,1-2H3. The minimum atomic E-state index is 0.197. The molecule has 2 aromatic rings. The number of hydrogen-bond donors (Lipinski definition) is 0. The molecule has 0 amide bonds. The fourth-order valence-electron chi connectivity index (χ4n) is 2.55. The Hall–Kier alpha value is -2.17. The Labute approximate surface area is 176 Å². The zero-order valence-electron chi connectivity index (χ0n) is 16.2. The third kappa shape index (κ3) is 7.83. The van der Waals surface area contributed by atoms with E-state index < -0.39 is 0 Å². The molecule has 6 heteroatoms. The molecule has 0 N–H and O–H groups in total. The third-order valence-electron chi connectivity index (χ3n) is 3.90. The van der Waals surface area contributed by atoms with Crippen molar-refractivity contribution in [1.29, 1.82) is 0 Å². The average molecular weight is 422 g/mol. The largest absolute Gasteiger partial charge is 0.493 e. The van der Waals surface area contributed by atoms with E-state index in [0.29, 0.717) is 19.8 Å². The van der Waals surface area contributed by atoms with Crippen molar-refractivity contribution in [2.24, 2.45) is 5.16 Å². The van der Waals surface area contributed by atoms with Gasteiger partial charge in [0.05, 0.1) is 12.8 Å². The molecule has 0 heterocycles. The van der Waals surface area contributed by atoms with Gasteiger partial charge >= 0.3 is 0 Å². The van der Waals surface area contributed by atoms with Gasteiger partial charge in [-0.15, -0.1) is 0 Å². The van der Waals surface area contributed by atoms with Gasteiger partial charge in [0.15, 0.2) is 0 Å². The molecule has 28 heavy (non-hydrogen) atoms. The Balaban J connectivity index is 1.79. The highest BCUT2D eigenvalue weighted by atomic mass is 35.5. The first-order valence-electron chi connectivity index (χ1n) is 9.20. The highest BCUT2D eigenvalue weighted by molar-refractivity contribution is 6.55. The smallest absolute Gasteiger partial charge is 0.125 e. The first kappa shape index (κ1) is 22.1. The Morgan fingerprint density at radius 2 is 1.86 bits per heavy atom. The number of ether oxygens (including phenoxy) is 2. The van der Waals surface area contributed by atoms with Gasteiger partial charge in [-0.25, -0.2) is 0 Å². The molecule has 0 unspecified atom stereocenters. The number of rotatable bonds is 11. The summed E-state index contributed by atoms with van der Waals surface area (Å²) in [4.78, 5) is 5.29. The molecule has 0 radical (unpaired) electrons. The van der Waals surface area contributed by atoms with Gasteiger partial charge < -0.3 is 14.3 Å². The summed E-state index contributed by atoms with van der Waals surface area (Å²) in [5.74, 6) is 1.67. The van der Waals surface area contributed by atoms with Gasteiger partial charge in [-0.05, 0) is 48.2 Å². The summed E-state index contributed by atoms with van der Waals surface area (Å²) in [7, 11) is 0. The Bertz CT molecular complexity index is 788. The zero-order chi connectivity index (χ0) is 20.2. The summed E-state index contributed by atoms with van der Waals surface area (Å²) in [6.07, 6.45) is 4.89.